The van der Waals surface area contributed by atoms with E-state index in [9.17, 15) is 9.90 Å². The minimum Gasteiger partial charge on any atom is -0.462 e. The molecule has 1 aromatic carbocycles. The minimum absolute atomic E-state index is 0.300. The smallest absolute Gasteiger partial charge is 0.340 e. The van der Waals surface area contributed by atoms with E-state index in [-0.39, 0.29) is 12.1 Å². The molecule has 0 radical (unpaired) electrons. The molecule has 0 amide bonds. The summed E-state index contributed by atoms with van der Waals surface area (Å²) in [7, 11) is 0. The lowest BCUT2D eigenvalue weighted by Gasteiger charge is -2.30. The first-order valence-corrected chi connectivity index (χ1v) is 8.56. The number of rotatable bonds is 4. The maximum Gasteiger partial charge on any atom is 0.340 e. The topological polar surface area (TPSA) is 62.7 Å². The Labute approximate surface area is 142 Å². The third-order valence-electron chi connectivity index (χ3n) is 4.56. The number of fused-ring (bicyclic) bond motifs is 1. The summed E-state index contributed by atoms with van der Waals surface area (Å²) in [6, 6.07) is 7.85. The zero-order chi connectivity index (χ0) is 17.1. The number of pyridine rings is 1. The van der Waals surface area contributed by atoms with Gasteiger partial charge in [0.2, 0.25) is 0 Å². The van der Waals surface area contributed by atoms with Gasteiger partial charge in [-0.25, -0.2) is 4.79 Å². The number of benzene rings is 1. The molecule has 0 saturated carbocycles. The Hall–Kier alpha value is -1.98. The molecule has 3 rings (SSSR count). The number of piperidine rings is 1. The molecule has 1 N–H and O–H groups in total. The van der Waals surface area contributed by atoms with Crippen LogP contribution in [0.2, 0.25) is 0 Å². The number of aromatic nitrogens is 1. The van der Waals surface area contributed by atoms with E-state index in [1.54, 1.807) is 0 Å². The van der Waals surface area contributed by atoms with Crippen molar-refractivity contribution < 1.29 is 14.6 Å². The van der Waals surface area contributed by atoms with Gasteiger partial charge in [-0.1, -0.05) is 18.2 Å². The Balaban J connectivity index is 2.03. The molecule has 0 bridgehead atoms. The highest BCUT2D eigenvalue weighted by Gasteiger charge is 2.24. The molecule has 0 spiro atoms. The van der Waals surface area contributed by atoms with Crippen molar-refractivity contribution >= 4 is 16.9 Å². The Morgan fingerprint density at radius 2 is 2.21 bits per heavy atom. The van der Waals surface area contributed by atoms with Gasteiger partial charge in [0, 0.05) is 18.5 Å². The van der Waals surface area contributed by atoms with Crippen LogP contribution in [-0.4, -0.2) is 46.8 Å². The number of β-amino-alcohol motifs (C(OH)–C–C–N with tert-alkyl or cyclic N) is 1. The maximum absolute atomic E-state index is 12.5. The first-order chi connectivity index (χ1) is 11.6. The number of ether oxygens (including phenoxy) is 1. The fourth-order valence-corrected chi connectivity index (χ4v) is 3.42. The Morgan fingerprint density at radius 1 is 1.42 bits per heavy atom. The summed E-state index contributed by atoms with van der Waals surface area (Å²) in [4.78, 5) is 19.4. The number of para-hydroxylation sites is 1. The summed E-state index contributed by atoms with van der Waals surface area (Å²) in [5.41, 5.74) is 3.09. The van der Waals surface area contributed by atoms with Crippen molar-refractivity contribution in [3.63, 3.8) is 0 Å². The van der Waals surface area contributed by atoms with Crippen molar-refractivity contribution in [3.8, 4) is 0 Å². The van der Waals surface area contributed by atoms with Gasteiger partial charge in [-0.3, -0.25) is 9.88 Å². The van der Waals surface area contributed by atoms with Crippen molar-refractivity contribution in [2.75, 3.05) is 19.7 Å². The summed E-state index contributed by atoms with van der Waals surface area (Å²) >= 11 is 0. The highest BCUT2D eigenvalue weighted by molar-refractivity contribution is 5.98. The predicted molar refractivity (Wildman–Crippen MR) is 93.0 cm³/mol. The number of aliphatic hydroxyl groups is 1. The van der Waals surface area contributed by atoms with Crippen molar-refractivity contribution in [2.45, 2.75) is 39.3 Å². The van der Waals surface area contributed by atoms with E-state index in [4.69, 9.17) is 9.72 Å². The van der Waals surface area contributed by atoms with E-state index in [0.717, 1.165) is 41.5 Å². The highest BCUT2D eigenvalue weighted by Crippen LogP contribution is 2.25. The third-order valence-corrected chi connectivity index (χ3v) is 4.56. The maximum atomic E-state index is 12.5. The van der Waals surface area contributed by atoms with E-state index in [1.165, 1.54) is 0 Å². The fraction of sp³-hybridized carbons (Fsp3) is 0.474. The molecular weight excluding hydrogens is 304 g/mol. The van der Waals surface area contributed by atoms with Crippen molar-refractivity contribution in [3.05, 3.63) is 41.1 Å². The number of nitrogens with zero attached hydrogens (tertiary/aromatic N) is 2. The largest absolute Gasteiger partial charge is 0.462 e. The Bertz CT molecular complexity index is 745. The zero-order valence-corrected chi connectivity index (χ0v) is 14.3. The molecule has 5 heteroatoms. The van der Waals surface area contributed by atoms with Crippen LogP contribution in [0.15, 0.2) is 24.3 Å². The van der Waals surface area contributed by atoms with Crippen molar-refractivity contribution in [1.29, 1.82) is 0 Å². The van der Waals surface area contributed by atoms with Crippen LogP contribution in [0.1, 0.15) is 41.4 Å². The Kier molecular flexibility index (Phi) is 5.11. The van der Waals surface area contributed by atoms with Gasteiger partial charge in [0.05, 0.1) is 29.5 Å². The Morgan fingerprint density at radius 3 is 2.96 bits per heavy atom. The number of carbonyl (C=O) groups excluding carboxylic acids is 1. The average Bonchev–Trinajstić information content (AvgIpc) is 2.55. The van der Waals surface area contributed by atoms with Crippen LogP contribution in [0.25, 0.3) is 10.9 Å². The highest BCUT2D eigenvalue weighted by atomic mass is 16.5. The lowest BCUT2D eigenvalue weighted by Crippen LogP contribution is -2.38. The van der Waals surface area contributed by atoms with Gasteiger partial charge in [0.1, 0.15) is 0 Å². The SMILES string of the molecule is CCOC(=O)c1c(CN2CCCC(O)C2)nc2ccccc2c1C. The van der Waals surface area contributed by atoms with E-state index in [1.807, 2.05) is 38.1 Å². The number of esters is 1. The molecule has 0 aliphatic carbocycles. The molecule has 5 nitrogen and oxygen atoms in total. The van der Waals surface area contributed by atoms with Crippen LogP contribution in [0.4, 0.5) is 0 Å². The molecule has 1 atom stereocenters. The van der Waals surface area contributed by atoms with Gasteiger partial charge in [-0.2, -0.15) is 0 Å². The zero-order valence-electron chi connectivity index (χ0n) is 14.3. The lowest BCUT2D eigenvalue weighted by molar-refractivity contribution is 0.0516. The van der Waals surface area contributed by atoms with Crippen LogP contribution in [0.5, 0.6) is 0 Å². The second kappa shape index (κ2) is 7.28. The first-order valence-electron chi connectivity index (χ1n) is 8.56. The van der Waals surface area contributed by atoms with Crippen molar-refractivity contribution in [1.82, 2.24) is 9.88 Å². The number of hydrogen-bond donors (Lipinski definition) is 1. The second-order valence-electron chi connectivity index (χ2n) is 6.33. The summed E-state index contributed by atoms with van der Waals surface area (Å²) in [5, 5.41) is 10.9. The van der Waals surface area contributed by atoms with Crippen LogP contribution in [0.3, 0.4) is 0 Å². The molecule has 2 aromatic rings. The molecule has 1 aromatic heterocycles. The number of likely N-dealkylation sites (tertiary alicyclic amines) is 1. The van der Waals surface area contributed by atoms with Gasteiger partial charge >= 0.3 is 5.97 Å². The van der Waals surface area contributed by atoms with Gasteiger partial charge in [-0.15, -0.1) is 0 Å². The van der Waals surface area contributed by atoms with Crippen LogP contribution in [-0.2, 0) is 11.3 Å². The summed E-state index contributed by atoms with van der Waals surface area (Å²) < 4.78 is 5.26. The van der Waals surface area contributed by atoms with E-state index in [2.05, 4.69) is 4.90 Å². The molecule has 24 heavy (non-hydrogen) atoms. The van der Waals surface area contributed by atoms with Crippen LogP contribution < -0.4 is 0 Å². The number of hydrogen-bond acceptors (Lipinski definition) is 5. The van der Waals surface area contributed by atoms with Gasteiger partial charge < -0.3 is 9.84 Å². The molecule has 128 valence electrons. The van der Waals surface area contributed by atoms with E-state index < -0.39 is 0 Å². The number of carbonyl (C=O) groups is 1. The van der Waals surface area contributed by atoms with Crippen LogP contribution in [0, 0.1) is 6.92 Å². The third kappa shape index (κ3) is 3.42. The molecule has 1 aliphatic heterocycles. The first kappa shape index (κ1) is 16.9. The molecule has 1 aliphatic rings. The molecule has 1 unspecified atom stereocenters. The summed E-state index contributed by atoms with van der Waals surface area (Å²) in [6.07, 6.45) is 1.50. The number of aryl methyl sites for hydroxylation is 1. The molecular formula is C19H24N2O3. The number of aliphatic hydroxyl groups excluding tert-OH is 1. The molecule has 1 fully saturated rings. The minimum atomic E-state index is -0.319. The molecule has 2 heterocycles. The van der Waals surface area contributed by atoms with Gasteiger partial charge in [-0.05, 0) is 44.9 Å². The predicted octanol–water partition coefficient (Wildman–Crippen LogP) is 2.68. The van der Waals surface area contributed by atoms with Gasteiger partial charge in [0.15, 0.2) is 0 Å². The normalized spacial score (nSPS) is 18.7. The van der Waals surface area contributed by atoms with Gasteiger partial charge in [0.25, 0.3) is 0 Å². The monoisotopic (exact) mass is 328 g/mol. The van der Waals surface area contributed by atoms with Crippen molar-refractivity contribution in [2.24, 2.45) is 0 Å². The second-order valence-corrected chi connectivity index (χ2v) is 6.33. The molecule has 1 saturated heterocycles. The quantitative estimate of drug-likeness (QED) is 0.874. The summed E-state index contributed by atoms with van der Waals surface area (Å²) in [5.74, 6) is -0.319. The lowest BCUT2D eigenvalue weighted by atomic mass is 10.0. The summed E-state index contributed by atoms with van der Waals surface area (Å²) in [6.45, 7) is 6.18. The van der Waals surface area contributed by atoms with Crippen LogP contribution >= 0.6 is 0 Å². The fourth-order valence-electron chi connectivity index (χ4n) is 3.42. The average molecular weight is 328 g/mol. The standard InChI is InChI=1S/C19H24N2O3/c1-3-24-19(23)18-13(2)15-8-4-5-9-16(15)20-17(18)12-21-10-6-7-14(22)11-21/h4-5,8-9,14,22H,3,6-7,10-12H2,1-2H3. The van der Waals surface area contributed by atoms with E-state index in [0.29, 0.717) is 25.3 Å². The van der Waals surface area contributed by atoms with E-state index >= 15 is 0 Å².